The van der Waals surface area contributed by atoms with Crippen LogP contribution in [0.3, 0.4) is 0 Å². The minimum absolute atomic E-state index is 0.103. The van der Waals surface area contributed by atoms with Gasteiger partial charge in [0.2, 0.25) is 5.88 Å². The molecule has 3 aromatic rings. The van der Waals surface area contributed by atoms with Crippen molar-refractivity contribution in [2.75, 3.05) is 0 Å². The molecule has 4 rings (SSSR count). The van der Waals surface area contributed by atoms with Crippen LogP contribution in [0.5, 0.6) is 5.75 Å². The van der Waals surface area contributed by atoms with E-state index in [1.807, 2.05) is 36.5 Å². The molecular formula is C19H12N4O. The SMILES string of the molecule is N#CC1=C(N)Oc2c(ccc3[nH]ccc23)C1c1cccc(C#N)c1. The number of benzene rings is 2. The Labute approximate surface area is 138 Å². The molecule has 1 atom stereocenters. The second-order valence-electron chi connectivity index (χ2n) is 5.58. The number of aromatic nitrogens is 1. The Hall–Kier alpha value is -3.70. The van der Waals surface area contributed by atoms with Gasteiger partial charge in [0, 0.05) is 22.7 Å². The lowest BCUT2D eigenvalue weighted by atomic mass is 9.82. The number of nitriles is 2. The summed E-state index contributed by atoms with van der Waals surface area (Å²) in [5, 5.41) is 19.7. The molecule has 0 aliphatic carbocycles. The summed E-state index contributed by atoms with van der Waals surface area (Å²) in [7, 11) is 0. The minimum Gasteiger partial charge on any atom is -0.439 e. The molecule has 2 aromatic carbocycles. The van der Waals surface area contributed by atoms with E-state index >= 15 is 0 Å². The standard InChI is InChI=1S/C19H12N4O/c20-9-11-2-1-3-12(8-11)17-14-4-5-16-13(6-7-23-16)18(14)24-19(22)15(17)10-21/h1-8,17,23H,22H2. The smallest absolute Gasteiger partial charge is 0.205 e. The van der Waals surface area contributed by atoms with Gasteiger partial charge in [-0.25, -0.2) is 0 Å². The van der Waals surface area contributed by atoms with E-state index in [9.17, 15) is 5.26 Å². The van der Waals surface area contributed by atoms with Gasteiger partial charge in [-0.2, -0.15) is 10.5 Å². The van der Waals surface area contributed by atoms with Crippen molar-refractivity contribution in [2.45, 2.75) is 5.92 Å². The third-order valence-corrected chi connectivity index (χ3v) is 4.26. The highest BCUT2D eigenvalue weighted by Gasteiger charge is 2.31. The molecule has 114 valence electrons. The highest BCUT2D eigenvalue weighted by atomic mass is 16.5. The summed E-state index contributed by atoms with van der Waals surface area (Å²) >= 11 is 0. The second kappa shape index (κ2) is 5.19. The van der Waals surface area contributed by atoms with Crippen molar-refractivity contribution in [3.63, 3.8) is 0 Å². The molecule has 3 N–H and O–H groups in total. The van der Waals surface area contributed by atoms with Crippen LogP contribution in [-0.2, 0) is 0 Å². The molecular weight excluding hydrogens is 300 g/mol. The number of fused-ring (bicyclic) bond motifs is 3. The van der Waals surface area contributed by atoms with Crippen LogP contribution in [0.2, 0.25) is 0 Å². The molecule has 1 aliphatic heterocycles. The molecule has 1 unspecified atom stereocenters. The monoisotopic (exact) mass is 312 g/mol. The van der Waals surface area contributed by atoms with Crippen molar-refractivity contribution in [2.24, 2.45) is 5.73 Å². The van der Waals surface area contributed by atoms with Crippen LogP contribution >= 0.6 is 0 Å². The molecule has 5 heteroatoms. The number of allylic oxidation sites excluding steroid dienone is 1. The second-order valence-corrected chi connectivity index (χ2v) is 5.58. The zero-order valence-electron chi connectivity index (χ0n) is 12.6. The van der Waals surface area contributed by atoms with E-state index in [1.54, 1.807) is 12.1 Å². The Balaban J connectivity index is 2.01. The summed E-state index contributed by atoms with van der Waals surface area (Å²) in [5.74, 6) is 0.398. The molecule has 1 aliphatic rings. The first-order chi connectivity index (χ1) is 11.7. The van der Waals surface area contributed by atoms with E-state index in [-0.39, 0.29) is 11.8 Å². The lowest BCUT2D eigenvalue weighted by Crippen LogP contribution is -2.21. The summed E-state index contributed by atoms with van der Waals surface area (Å²) in [5.41, 5.74) is 9.56. The van der Waals surface area contributed by atoms with E-state index in [4.69, 9.17) is 15.7 Å². The van der Waals surface area contributed by atoms with Crippen LogP contribution in [0.15, 0.2) is 60.1 Å². The Morgan fingerprint density at radius 2 is 1.96 bits per heavy atom. The van der Waals surface area contributed by atoms with Crippen LogP contribution in [0, 0.1) is 22.7 Å². The number of nitrogens with zero attached hydrogens (tertiary/aromatic N) is 2. The van der Waals surface area contributed by atoms with Crippen LogP contribution in [-0.4, -0.2) is 4.98 Å². The van der Waals surface area contributed by atoms with E-state index < -0.39 is 0 Å². The molecule has 0 saturated heterocycles. The molecule has 0 saturated carbocycles. The van der Waals surface area contributed by atoms with Crippen LogP contribution < -0.4 is 10.5 Å². The highest BCUT2D eigenvalue weighted by Crippen LogP contribution is 2.45. The van der Waals surface area contributed by atoms with Gasteiger partial charge in [-0.3, -0.25) is 0 Å². The molecule has 24 heavy (non-hydrogen) atoms. The van der Waals surface area contributed by atoms with Gasteiger partial charge in [0.25, 0.3) is 0 Å². The van der Waals surface area contributed by atoms with Crippen molar-refractivity contribution in [3.05, 3.63) is 76.8 Å². The normalized spacial score (nSPS) is 16.2. The zero-order chi connectivity index (χ0) is 16.7. The number of hydrogen-bond acceptors (Lipinski definition) is 4. The van der Waals surface area contributed by atoms with E-state index in [0.717, 1.165) is 22.0 Å². The van der Waals surface area contributed by atoms with Gasteiger partial charge < -0.3 is 15.5 Å². The first-order valence-corrected chi connectivity index (χ1v) is 7.40. The topological polar surface area (TPSA) is 98.6 Å². The minimum atomic E-state index is -0.355. The quantitative estimate of drug-likeness (QED) is 0.720. The van der Waals surface area contributed by atoms with Crippen LogP contribution in [0.4, 0.5) is 0 Å². The van der Waals surface area contributed by atoms with Crippen LogP contribution in [0.25, 0.3) is 10.9 Å². The lowest BCUT2D eigenvalue weighted by molar-refractivity contribution is 0.398. The Bertz CT molecular complexity index is 1080. The third kappa shape index (κ3) is 1.93. The van der Waals surface area contributed by atoms with E-state index in [1.165, 1.54) is 0 Å². The van der Waals surface area contributed by atoms with Gasteiger partial charge in [-0.1, -0.05) is 18.2 Å². The van der Waals surface area contributed by atoms with Crippen molar-refractivity contribution in [3.8, 4) is 17.9 Å². The maximum Gasteiger partial charge on any atom is 0.205 e. The summed E-state index contributed by atoms with van der Waals surface area (Å²) < 4.78 is 5.77. The van der Waals surface area contributed by atoms with Gasteiger partial charge in [0.1, 0.15) is 17.4 Å². The summed E-state index contributed by atoms with van der Waals surface area (Å²) in [6.45, 7) is 0. The predicted octanol–water partition coefficient (Wildman–Crippen LogP) is 3.26. The molecule has 0 bridgehead atoms. The Morgan fingerprint density at radius 3 is 2.75 bits per heavy atom. The maximum atomic E-state index is 9.58. The number of H-pyrrole nitrogens is 1. The predicted molar refractivity (Wildman–Crippen MR) is 88.8 cm³/mol. The van der Waals surface area contributed by atoms with E-state index in [0.29, 0.717) is 16.9 Å². The molecule has 0 amide bonds. The first-order valence-electron chi connectivity index (χ1n) is 7.40. The maximum absolute atomic E-state index is 9.58. The largest absolute Gasteiger partial charge is 0.439 e. The van der Waals surface area contributed by atoms with Gasteiger partial charge in [-0.15, -0.1) is 0 Å². The first kappa shape index (κ1) is 13.9. The molecule has 0 radical (unpaired) electrons. The van der Waals surface area contributed by atoms with Crippen molar-refractivity contribution in [1.29, 1.82) is 10.5 Å². The number of hydrogen-bond donors (Lipinski definition) is 2. The van der Waals surface area contributed by atoms with Crippen molar-refractivity contribution >= 4 is 10.9 Å². The van der Waals surface area contributed by atoms with Crippen LogP contribution in [0.1, 0.15) is 22.6 Å². The fourth-order valence-electron chi connectivity index (χ4n) is 3.18. The molecule has 0 fully saturated rings. The molecule has 5 nitrogen and oxygen atoms in total. The molecule has 0 spiro atoms. The lowest BCUT2D eigenvalue weighted by Gasteiger charge is -2.27. The highest BCUT2D eigenvalue weighted by molar-refractivity contribution is 5.88. The van der Waals surface area contributed by atoms with Gasteiger partial charge in [0.05, 0.1) is 17.6 Å². The van der Waals surface area contributed by atoms with E-state index in [2.05, 4.69) is 17.1 Å². The zero-order valence-corrected chi connectivity index (χ0v) is 12.6. The van der Waals surface area contributed by atoms with Gasteiger partial charge >= 0.3 is 0 Å². The molecule has 2 heterocycles. The third-order valence-electron chi connectivity index (χ3n) is 4.26. The fourth-order valence-corrected chi connectivity index (χ4v) is 3.18. The summed E-state index contributed by atoms with van der Waals surface area (Å²) in [6, 6.07) is 17.3. The Kier molecular flexibility index (Phi) is 3.01. The average Bonchev–Trinajstić information content (AvgIpc) is 3.09. The number of ether oxygens (including phenoxy) is 1. The Morgan fingerprint density at radius 1 is 1.08 bits per heavy atom. The van der Waals surface area contributed by atoms with Gasteiger partial charge in [0.15, 0.2) is 0 Å². The molecule has 1 aromatic heterocycles. The fraction of sp³-hybridized carbons (Fsp3) is 0.0526. The number of rotatable bonds is 1. The number of nitrogens with two attached hydrogens (primary N) is 1. The number of aromatic amines is 1. The summed E-state index contributed by atoms with van der Waals surface area (Å²) in [4.78, 5) is 3.14. The van der Waals surface area contributed by atoms with Crippen molar-refractivity contribution in [1.82, 2.24) is 4.98 Å². The average molecular weight is 312 g/mol. The van der Waals surface area contributed by atoms with Crippen molar-refractivity contribution < 1.29 is 4.74 Å². The van der Waals surface area contributed by atoms with Gasteiger partial charge in [-0.05, 0) is 29.8 Å². The number of nitrogens with one attached hydrogen (secondary N) is 1. The summed E-state index contributed by atoms with van der Waals surface area (Å²) in [6.07, 6.45) is 1.83.